The summed E-state index contributed by atoms with van der Waals surface area (Å²) in [7, 11) is 0. The van der Waals surface area contributed by atoms with E-state index in [1.165, 1.54) is 37.5 Å². The Kier molecular flexibility index (Phi) is 64.7. The zero-order chi connectivity index (χ0) is 93.3. The van der Waals surface area contributed by atoms with Gasteiger partial charge >= 0.3 is 23.9 Å². The molecule has 0 saturated carbocycles. The molecule has 722 valence electrons. The van der Waals surface area contributed by atoms with Crippen LogP contribution in [0.5, 0.6) is 11.5 Å². The number of nitrogens with one attached hydrogen (secondary N) is 7. The van der Waals surface area contributed by atoms with Gasteiger partial charge in [-0.15, -0.1) is 0 Å². The van der Waals surface area contributed by atoms with Crippen LogP contribution in [0.2, 0.25) is 0 Å². The first kappa shape index (κ1) is 112. The third-order valence-corrected chi connectivity index (χ3v) is 20.3. The molecule has 0 saturated heterocycles. The van der Waals surface area contributed by atoms with Crippen molar-refractivity contribution in [3.63, 3.8) is 0 Å². The van der Waals surface area contributed by atoms with E-state index in [0.717, 1.165) is 82.7 Å². The van der Waals surface area contributed by atoms with Crippen LogP contribution in [0.4, 0.5) is 0 Å². The van der Waals surface area contributed by atoms with Crippen LogP contribution >= 0.6 is 0 Å². The highest BCUT2D eigenvalue weighted by Gasteiger charge is 2.28. The number of hydrogen-bond acceptors (Lipinski definition) is 26. The van der Waals surface area contributed by atoms with Crippen molar-refractivity contribution in [1.29, 1.82) is 0 Å². The number of nitrogens with zero attached hydrogens (tertiary/aromatic N) is 1. The molecular formula is C91H144N8O29. The molecule has 0 fully saturated rings. The number of carbonyl (C=O) groups excluding carboxylic acids is 11. The van der Waals surface area contributed by atoms with Gasteiger partial charge in [-0.25, -0.2) is 24.2 Å². The van der Waals surface area contributed by atoms with Gasteiger partial charge in [-0.1, -0.05) is 77.0 Å². The van der Waals surface area contributed by atoms with Gasteiger partial charge in [-0.05, 0) is 139 Å². The summed E-state index contributed by atoms with van der Waals surface area (Å²) in [4.78, 5) is 192. The third kappa shape index (κ3) is 61.4. The van der Waals surface area contributed by atoms with E-state index in [1.54, 1.807) is 30.5 Å². The molecule has 2 aromatic carbocycles. The van der Waals surface area contributed by atoms with Gasteiger partial charge in [-0.2, -0.15) is 0 Å². The molecule has 3 rings (SSSR count). The number of carbonyl (C=O) groups is 15. The van der Waals surface area contributed by atoms with Gasteiger partial charge in [0.05, 0.1) is 96.7 Å². The molecule has 1 aromatic heterocycles. The monoisotopic (exact) mass is 1810 g/mol. The van der Waals surface area contributed by atoms with E-state index in [0.29, 0.717) is 108 Å². The molecule has 37 nitrogen and oxygen atoms in total. The number of carboxylic acids is 4. The van der Waals surface area contributed by atoms with E-state index in [-0.39, 0.29) is 262 Å². The van der Waals surface area contributed by atoms with Gasteiger partial charge in [0.25, 0.3) is 0 Å². The number of amides is 6. The largest absolute Gasteiger partial charge is 0.494 e. The summed E-state index contributed by atoms with van der Waals surface area (Å²) in [5.74, 6) is -7.27. The van der Waals surface area contributed by atoms with E-state index in [1.807, 2.05) is 0 Å². The van der Waals surface area contributed by atoms with Gasteiger partial charge in [0.2, 0.25) is 35.4 Å². The maximum atomic E-state index is 13.9. The number of ether oxygens (including phenoxy) is 10. The van der Waals surface area contributed by atoms with Crippen molar-refractivity contribution < 1.29 is 143 Å². The molecule has 37 heteroatoms. The Hall–Kier alpha value is -10.0. The highest BCUT2D eigenvalue weighted by Crippen LogP contribution is 2.24. The topological polar surface area (TPSA) is 530 Å². The summed E-state index contributed by atoms with van der Waals surface area (Å²) in [6, 6.07) is 10.2. The first-order valence-corrected chi connectivity index (χ1v) is 45.1. The Morgan fingerprint density at radius 1 is 0.344 bits per heavy atom. The number of aliphatic carboxylic acids is 2. The first-order chi connectivity index (χ1) is 61.9. The minimum absolute atomic E-state index is 0. The van der Waals surface area contributed by atoms with Crippen molar-refractivity contribution in [2.45, 2.75) is 237 Å². The van der Waals surface area contributed by atoms with Crippen LogP contribution in [-0.2, 0) is 107 Å². The number of hydrogen-bond donors (Lipinski definition) is 11. The number of aryl methyl sites for hydroxylation is 1. The summed E-state index contributed by atoms with van der Waals surface area (Å²) < 4.78 is 54.9. The number of H-pyrrole nitrogens is 1. The van der Waals surface area contributed by atoms with Crippen LogP contribution in [0, 0.1) is 11.8 Å². The summed E-state index contributed by atoms with van der Waals surface area (Å²) in [6.07, 6.45) is 20.5. The first-order valence-electron chi connectivity index (χ1n) is 45.1. The van der Waals surface area contributed by atoms with Crippen LogP contribution in [0.1, 0.15) is 248 Å². The van der Waals surface area contributed by atoms with Gasteiger partial charge in [0.1, 0.15) is 73.1 Å². The van der Waals surface area contributed by atoms with E-state index >= 15 is 0 Å². The highest BCUT2D eigenvalue weighted by atomic mass is 16.5. The highest BCUT2D eigenvalue weighted by molar-refractivity contribution is 5.92. The molecular weight excluding hydrogens is 1670 g/mol. The number of imidazole rings is 1. The fraction of sp³-hybridized carbons (Fsp3) is 0.670. The molecule has 11 N–H and O–H groups in total. The number of unbranched alkanes of at least 4 members (excludes halogenated alkanes) is 14. The molecule has 3 aromatic rings. The molecule has 0 unspecified atom stereocenters. The molecule has 0 radical (unpaired) electrons. The number of aromatic carboxylic acids is 2. The van der Waals surface area contributed by atoms with Crippen LogP contribution < -0.4 is 41.4 Å². The van der Waals surface area contributed by atoms with Gasteiger partial charge in [0, 0.05) is 124 Å². The van der Waals surface area contributed by atoms with E-state index in [4.69, 9.17) is 57.6 Å². The van der Waals surface area contributed by atoms with E-state index < -0.39 is 53.7 Å². The fourth-order valence-electron chi connectivity index (χ4n) is 13.0. The molecule has 0 aliphatic carbocycles. The molecule has 6 amide bonds. The quantitative estimate of drug-likeness (QED) is 0.0235. The molecule has 1 heterocycles. The zero-order valence-electron chi connectivity index (χ0n) is 74.6. The molecule has 0 bridgehead atoms. The summed E-state index contributed by atoms with van der Waals surface area (Å²) >= 11 is 0. The molecule has 0 aliphatic rings. The number of carboxylic acid groups (broad SMARTS) is 4. The van der Waals surface area contributed by atoms with Crippen LogP contribution in [-0.4, -0.2) is 276 Å². The smallest absolute Gasteiger partial charge is 0.335 e. The SMILES string of the molecule is CC(=O)[C@H](CCCCNC(=O)COCCOCCNC(=O)COCCOCCCC(=O)CC[C@H](NC(=O)CCCCCCCCCOc1ccc(C(=O)O)cc1)C(=O)O)CC(=O)[C@H](CCCCNC(=O)COCCOCCCC(=O)COCCOCCNC(=O)CC[C@H](NC(=O)CCCCCCCCCOc1ccc(C(=O)O)cc1)C(=O)O)CC(=O)CCc1cnc[nH]1.[HH].[HH]. The van der Waals surface area contributed by atoms with Crippen molar-refractivity contribution in [3.05, 3.63) is 77.9 Å². The molecule has 0 spiro atoms. The lowest BCUT2D eigenvalue weighted by Gasteiger charge is -2.19. The van der Waals surface area contributed by atoms with Crippen molar-refractivity contribution in [1.82, 2.24) is 41.9 Å². The molecule has 128 heavy (non-hydrogen) atoms. The fourth-order valence-corrected chi connectivity index (χ4v) is 13.0. The lowest BCUT2D eigenvalue weighted by atomic mass is 9.84. The van der Waals surface area contributed by atoms with Crippen LogP contribution in [0.25, 0.3) is 0 Å². The predicted molar refractivity (Wildman–Crippen MR) is 472 cm³/mol. The van der Waals surface area contributed by atoms with Crippen molar-refractivity contribution in [2.75, 3.05) is 145 Å². The standard InChI is InChI=1S/C91H140N8O29.2H2/c1-68(100)71(22-14-16-42-93-86(109)65-126-59-55-122-51-45-96-87(110)66-125-58-52-119-46-20-24-74(101)34-39-79(90(115)116)98-83(106)26-12-8-4-2-6-10-18-48-127-77-35-28-69(29-36-77)88(111)112)61-81(104)72(60-75(102)33-32-73-62-92-67-97-73)23-15-17-43-94-85(108)64-124-57-53-120-47-21-25-76(103)63-123-56-54-121-50-44-95-82(105)41-40-80(91(117)118)99-84(107)27-13-9-5-3-7-11-19-49-128-78-37-30-70(31-38-78)89(113)114;;/h28-31,35-38,62,67,71-72,79-80H,2-27,32-34,39-61,63-66H2,1H3,(H,92,97)(H,93,109)(H,94,108)(H,95,105)(H,96,110)(H,98,106)(H,99,107)(H,111,112)(H,113,114)(H,115,116)(H,117,118);2*1H/t71-,72-,79+,80+;;/m1../s1. The molecule has 0 aliphatic heterocycles. The second kappa shape index (κ2) is 73.8. The minimum Gasteiger partial charge on any atom is -0.494 e. The Morgan fingerprint density at radius 2 is 0.742 bits per heavy atom. The lowest BCUT2D eigenvalue weighted by molar-refractivity contribution is -0.142. The number of benzene rings is 2. The Balaban J connectivity index is 0.0000422. The summed E-state index contributed by atoms with van der Waals surface area (Å²) in [5.41, 5.74) is 1.19. The van der Waals surface area contributed by atoms with Crippen LogP contribution in [0.15, 0.2) is 61.1 Å². The second-order valence-electron chi connectivity index (χ2n) is 31.1. The summed E-state index contributed by atoms with van der Waals surface area (Å²) in [5, 5.41) is 53.2. The van der Waals surface area contributed by atoms with Crippen LogP contribution in [0.3, 0.4) is 0 Å². The number of aromatic nitrogens is 2. The van der Waals surface area contributed by atoms with Gasteiger partial charge in [-0.3, -0.25) is 52.7 Å². The number of aromatic amines is 1. The number of ketones is 5. The third-order valence-electron chi connectivity index (χ3n) is 20.3. The van der Waals surface area contributed by atoms with E-state index in [9.17, 15) is 82.1 Å². The van der Waals surface area contributed by atoms with Gasteiger partial charge in [0.15, 0.2) is 5.78 Å². The maximum Gasteiger partial charge on any atom is 0.335 e. The number of rotatable bonds is 87. The van der Waals surface area contributed by atoms with Crippen molar-refractivity contribution >= 4 is 88.2 Å². The average Bonchev–Trinajstić information content (AvgIpc) is 1.30. The minimum atomic E-state index is -1.23. The van der Waals surface area contributed by atoms with Crippen molar-refractivity contribution in [2.24, 2.45) is 11.8 Å². The Labute approximate surface area is 753 Å². The van der Waals surface area contributed by atoms with Crippen molar-refractivity contribution in [3.8, 4) is 11.5 Å². The normalized spacial score (nSPS) is 12.1. The average molecular weight is 1810 g/mol. The van der Waals surface area contributed by atoms with Gasteiger partial charge < -0.3 is 105 Å². The Bertz CT molecular complexity index is 3680. The predicted octanol–water partition coefficient (Wildman–Crippen LogP) is 8.71. The lowest BCUT2D eigenvalue weighted by Crippen LogP contribution is -2.41. The van der Waals surface area contributed by atoms with E-state index in [2.05, 4.69) is 41.9 Å². The number of Topliss-reactive ketones (excluding diaryl/α,β-unsaturated/α-hetero) is 5. The summed E-state index contributed by atoms with van der Waals surface area (Å²) in [6.45, 7) is 4.90. The molecule has 4 atom stereocenters. The second-order valence-corrected chi connectivity index (χ2v) is 31.1. The zero-order valence-corrected chi connectivity index (χ0v) is 74.6. The maximum absolute atomic E-state index is 13.9. The Morgan fingerprint density at radius 3 is 1.18 bits per heavy atom.